The quantitative estimate of drug-likeness (QED) is 0.801. The summed E-state index contributed by atoms with van der Waals surface area (Å²) in [7, 11) is 0. The summed E-state index contributed by atoms with van der Waals surface area (Å²) in [6, 6.07) is 0. The van der Waals surface area contributed by atoms with E-state index in [9.17, 15) is 4.79 Å². The topological polar surface area (TPSA) is 64.3 Å². The lowest BCUT2D eigenvalue weighted by molar-refractivity contribution is -0.127. The van der Waals surface area contributed by atoms with E-state index < -0.39 is 0 Å². The molecule has 2 rings (SSSR count). The zero-order chi connectivity index (χ0) is 13.2. The predicted molar refractivity (Wildman–Crippen MR) is 71.1 cm³/mol. The van der Waals surface area contributed by atoms with Gasteiger partial charge in [0.05, 0.1) is 24.2 Å². The fourth-order valence-electron chi connectivity index (χ4n) is 3.37. The molecule has 0 aromatic heterocycles. The summed E-state index contributed by atoms with van der Waals surface area (Å²) in [5.41, 5.74) is 5.76. The molecule has 4 heteroatoms. The Kier molecular flexibility index (Phi) is 4.28. The molecule has 0 aromatic rings. The predicted octanol–water partition coefficient (Wildman–Crippen LogP) is 1.44. The smallest absolute Gasteiger partial charge is 0.226 e. The second-order valence-corrected chi connectivity index (χ2v) is 6.25. The Balaban J connectivity index is 1.95. The van der Waals surface area contributed by atoms with Gasteiger partial charge in [0.25, 0.3) is 0 Å². The Hall–Kier alpha value is -0.610. The van der Waals surface area contributed by atoms with Crippen molar-refractivity contribution in [2.45, 2.75) is 57.6 Å². The lowest BCUT2D eigenvalue weighted by Gasteiger charge is -2.40. The van der Waals surface area contributed by atoms with Gasteiger partial charge in [-0.15, -0.1) is 0 Å². The van der Waals surface area contributed by atoms with Crippen molar-refractivity contribution in [3.05, 3.63) is 0 Å². The van der Waals surface area contributed by atoms with Gasteiger partial charge in [-0.05, 0) is 32.1 Å². The van der Waals surface area contributed by atoms with E-state index in [1.165, 1.54) is 6.42 Å². The Morgan fingerprint density at radius 3 is 2.83 bits per heavy atom. The van der Waals surface area contributed by atoms with Crippen LogP contribution in [0.15, 0.2) is 0 Å². The van der Waals surface area contributed by atoms with E-state index in [4.69, 9.17) is 10.5 Å². The highest BCUT2D eigenvalue weighted by Gasteiger charge is 2.38. The molecule has 2 fully saturated rings. The van der Waals surface area contributed by atoms with E-state index in [2.05, 4.69) is 12.2 Å². The average molecular weight is 254 g/mol. The number of carbonyl (C=O) groups excluding carboxylic acids is 1. The number of rotatable bonds is 3. The summed E-state index contributed by atoms with van der Waals surface area (Å²) in [4.78, 5) is 12.3. The Labute approximate surface area is 110 Å². The summed E-state index contributed by atoms with van der Waals surface area (Å²) >= 11 is 0. The first-order valence-corrected chi connectivity index (χ1v) is 7.18. The number of ether oxygens (including phenoxy) is 1. The van der Waals surface area contributed by atoms with Crippen LogP contribution in [-0.2, 0) is 9.53 Å². The van der Waals surface area contributed by atoms with E-state index in [1.807, 2.05) is 6.92 Å². The first-order valence-electron chi connectivity index (χ1n) is 7.18. The highest BCUT2D eigenvalue weighted by atomic mass is 16.5. The molecule has 0 radical (unpaired) electrons. The van der Waals surface area contributed by atoms with Crippen molar-refractivity contribution in [1.82, 2.24) is 5.32 Å². The molecule has 1 heterocycles. The van der Waals surface area contributed by atoms with Crippen molar-refractivity contribution >= 4 is 5.91 Å². The lowest BCUT2D eigenvalue weighted by atomic mass is 9.76. The molecule has 0 spiro atoms. The molecule has 3 N–H and O–H groups in total. The fourth-order valence-corrected chi connectivity index (χ4v) is 3.37. The van der Waals surface area contributed by atoms with Crippen molar-refractivity contribution < 1.29 is 9.53 Å². The molecule has 1 amide bonds. The van der Waals surface area contributed by atoms with E-state index in [-0.39, 0.29) is 23.5 Å². The summed E-state index contributed by atoms with van der Waals surface area (Å²) in [6.45, 7) is 5.38. The number of carbonyl (C=O) groups is 1. The van der Waals surface area contributed by atoms with Crippen LogP contribution >= 0.6 is 0 Å². The number of hydrogen-bond acceptors (Lipinski definition) is 3. The Morgan fingerprint density at radius 2 is 2.28 bits per heavy atom. The van der Waals surface area contributed by atoms with Gasteiger partial charge in [-0.2, -0.15) is 0 Å². The second kappa shape index (κ2) is 5.57. The van der Waals surface area contributed by atoms with E-state index in [1.54, 1.807) is 0 Å². The molecule has 0 aromatic carbocycles. The SMILES string of the molecule is CC1CCCC(CN)(NC(=O)C2COC(C)C2)C1. The maximum Gasteiger partial charge on any atom is 0.226 e. The summed E-state index contributed by atoms with van der Waals surface area (Å²) in [6.07, 6.45) is 5.49. The number of hydrogen-bond donors (Lipinski definition) is 2. The molecule has 18 heavy (non-hydrogen) atoms. The van der Waals surface area contributed by atoms with Crippen LogP contribution < -0.4 is 11.1 Å². The standard InChI is InChI=1S/C14H26N2O2/c1-10-4-3-5-14(7-10,9-15)16-13(17)12-6-11(2)18-8-12/h10-12H,3-9,15H2,1-2H3,(H,16,17). The van der Waals surface area contributed by atoms with Gasteiger partial charge in [0.2, 0.25) is 5.91 Å². The fraction of sp³-hybridized carbons (Fsp3) is 0.929. The van der Waals surface area contributed by atoms with Gasteiger partial charge in [-0.25, -0.2) is 0 Å². The van der Waals surface area contributed by atoms with Gasteiger partial charge in [0.1, 0.15) is 0 Å². The highest BCUT2D eigenvalue weighted by Crippen LogP contribution is 2.32. The summed E-state index contributed by atoms with van der Waals surface area (Å²) in [5.74, 6) is 0.806. The normalized spacial score (nSPS) is 40.7. The third-order valence-corrected chi connectivity index (χ3v) is 4.44. The van der Waals surface area contributed by atoms with Crippen LogP contribution in [0.1, 0.15) is 46.0 Å². The molecule has 1 saturated heterocycles. The molecule has 0 bridgehead atoms. The molecule has 4 nitrogen and oxygen atoms in total. The third kappa shape index (κ3) is 3.04. The van der Waals surface area contributed by atoms with Crippen LogP contribution in [0.3, 0.4) is 0 Å². The molecule has 4 atom stereocenters. The van der Waals surface area contributed by atoms with Gasteiger partial charge in [0.15, 0.2) is 0 Å². The number of amides is 1. The van der Waals surface area contributed by atoms with Gasteiger partial charge < -0.3 is 15.8 Å². The number of nitrogens with two attached hydrogens (primary N) is 1. The molecule has 2 aliphatic rings. The van der Waals surface area contributed by atoms with E-state index >= 15 is 0 Å². The first-order chi connectivity index (χ1) is 8.54. The van der Waals surface area contributed by atoms with Gasteiger partial charge in [-0.1, -0.05) is 19.8 Å². The second-order valence-electron chi connectivity index (χ2n) is 6.25. The van der Waals surface area contributed by atoms with Crippen LogP contribution in [-0.4, -0.2) is 30.7 Å². The van der Waals surface area contributed by atoms with Crippen LogP contribution in [0.5, 0.6) is 0 Å². The van der Waals surface area contributed by atoms with Crippen LogP contribution in [0.2, 0.25) is 0 Å². The minimum Gasteiger partial charge on any atom is -0.378 e. The third-order valence-electron chi connectivity index (χ3n) is 4.44. The highest BCUT2D eigenvalue weighted by molar-refractivity contribution is 5.80. The van der Waals surface area contributed by atoms with E-state index in [0.717, 1.165) is 25.7 Å². The molecule has 4 unspecified atom stereocenters. The Bertz CT molecular complexity index is 308. The summed E-state index contributed by atoms with van der Waals surface area (Å²) in [5, 5.41) is 3.23. The monoisotopic (exact) mass is 254 g/mol. The van der Waals surface area contributed by atoms with Gasteiger partial charge in [0, 0.05) is 6.54 Å². The van der Waals surface area contributed by atoms with Crippen molar-refractivity contribution in [3.63, 3.8) is 0 Å². The van der Waals surface area contributed by atoms with Crippen molar-refractivity contribution in [2.24, 2.45) is 17.6 Å². The van der Waals surface area contributed by atoms with E-state index in [0.29, 0.717) is 19.1 Å². The maximum absolute atomic E-state index is 12.3. The van der Waals surface area contributed by atoms with Crippen molar-refractivity contribution in [1.29, 1.82) is 0 Å². The molecule has 1 saturated carbocycles. The van der Waals surface area contributed by atoms with Crippen molar-refractivity contribution in [2.75, 3.05) is 13.2 Å². The largest absolute Gasteiger partial charge is 0.378 e. The lowest BCUT2D eigenvalue weighted by Crippen LogP contribution is -2.57. The van der Waals surface area contributed by atoms with Crippen LogP contribution in [0.4, 0.5) is 0 Å². The Morgan fingerprint density at radius 1 is 1.50 bits per heavy atom. The first kappa shape index (κ1) is 13.8. The molecule has 1 aliphatic carbocycles. The molecular weight excluding hydrogens is 228 g/mol. The zero-order valence-corrected chi connectivity index (χ0v) is 11.6. The molecular formula is C14H26N2O2. The molecule has 1 aliphatic heterocycles. The summed E-state index contributed by atoms with van der Waals surface area (Å²) < 4.78 is 5.47. The van der Waals surface area contributed by atoms with Gasteiger partial charge in [-0.3, -0.25) is 4.79 Å². The molecule has 104 valence electrons. The van der Waals surface area contributed by atoms with Gasteiger partial charge >= 0.3 is 0 Å². The number of nitrogens with one attached hydrogen (secondary N) is 1. The zero-order valence-electron chi connectivity index (χ0n) is 11.6. The van der Waals surface area contributed by atoms with Crippen molar-refractivity contribution in [3.8, 4) is 0 Å². The maximum atomic E-state index is 12.3. The minimum atomic E-state index is -0.166. The van der Waals surface area contributed by atoms with Crippen LogP contribution in [0.25, 0.3) is 0 Å². The van der Waals surface area contributed by atoms with Crippen LogP contribution in [0, 0.1) is 11.8 Å². The minimum absolute atomic E-state index is 0.0145. The average Bonchev–Trinajstić information content (AvgIpc) is 2.76.